The van der Waals surface area contributed by atoms with Gasteiger partial charge in [0.05, 0.1) is 23.2 Å². The number of aromatic nitrogens is 3. The number of carbonyl (C=O) groups is 1. The molecule has 0 aromatic carbocycles. The second kappa shape index (κ2) is 6.66. The molecular formula is C17H21ClN4O3S. The van der Waals surface area contributed by atoms with E-state index in [1.807, 2.05) is 20.8 Å². The summed E-state index contributed by atoms with van der Waals surface area (Å²) in [6.07, 6.45) is 1.94. The molecule has 0 spiro atoms. The molecule has 2 aromatic heterocycles. The van der Waals surface area contributed by atoms with Crippen molar-refractivity contribution in [2.75, 3.05) is 16.8 Å². The van der Waals surface area contributed by atoms with Crippen LogP contribution in [0.1, 0.15) is 49.3 Å². The number of amides is 1. The molecule has 7 nitrogen and oxygen atoms in total. The molecule has 0 bridgehead atoms. The third-order valence-corrected chi connectivity index (χ3v) is 6.25. The Bertz CT molecular complexity index is 947. The van der Waals surface area contributed by atoms with Gasteiger partial charge in [-0.1, -0.05) is 32.4 Å². The highest BCUT2D eigenvalue weighted by molar-refractivity contribution is 7.91. The number of nitrogens with zero attached hydrogens (tertiary/aromatic N) is 3. The van der Waals surface area contributed by atoms with Gasteiger partial charge in [0.15, 0.2) is 9.84 Å². The number of carbonyl (C=O) groups excluding carboxylic acids is 1. The molecule has 26 heavy (non-hydrogen) atoms. The van der Waals surface area contributed by atoms with Crippen LogP contribution in [0.3, 0.4) is 0 Å². The van der Waals surface area contributed by atoms with E-state index in [0.29, 0.717) is 17.8 Å². The Balaban J connectivity index is 1.94. The Morgan fingerprint density at radius 1 is 1.35 bits per heavy atom. The molecule has 1 aliphatic rings. The van der Waals surface area contributed by atoms with Crippen LogP contribution >= 0.6 is 11.6 Å². The van der Waals surface area contributed by atoms with Crippen molar-refractivity contribution in [3.8, 4) is 0 Å². The molecular weight excluding hydrogens is 376 g/mol. The van der Waals surface area contributed by atoms with Gasteiger partial charge in [-0.3, -0.25) is 4.79 Å². The number of pyridine rings is 1. The largest absolute Gasteiger partial charge is 0.307 e. The van der Waals surface area contributed by atoms with Gasteiger partial charge in [0.2, 0.25) is 0 Å². The van der Waals surface area contributed by atoms with E-state index in [1.54, 1.807) is 16.8 Å². The van der Waals surface area contributed by atoms with E-state index in [0.717, 1.165) is 5.69 Å². The highest BCUT2D eigenvalue weighted by atomic mass is 35.5. The van der Waals surface area contributed by atoms with Gasteiger partial charge in [0.1, 0.15) is 11.0 Å². The summed E-state index contributed by atoms with van der Waals surface area (Å²) in [5, 5.41) is 7.65. The van der Waals surface area contributed by atoms with Gasteiger partial charge >= 0.3 is 0 Å². The molecule has 0 radical (unpaired) electrons. The molecule has 9 heteroatoms. The second-order valence-corrected chi connectivity index (χ2v) is 10.1. The van der Waals surface area contributed by atoms with Crippen LogP contribution in [0.15, 0.2) is 24.4 Å². The lowest BCUT2D eigenvalue weighted by Crippen LogP contribution is -2.20. The summed E-state index contributed by atoms with van der Waals surface area (Å²) < 4.78 is 25.4. The summed E-state index contributed by atoms with van der Waals surface area (Å²) in [7, 11) is -3.07. The Kier molecular flexibility index (Phi) is 4.83. The summed E-state index contributed by atoms with van der Waals surface area (Å²) in [6.45, 7) is 6.04. The summed E-state index contributed by atoms with van der Waals surface area (Å²) >= 11 is 5.85. The minimum absolute atomic E-state index is 0.0300. The number of hydrogen-bond donors (Lipinski definition) is 1. The van der Waals surface area contributed by atoms with Crippen molar-refractivity contribution in [3.05, 3.63) is 40.8 Å². The summed E-state index contributed by atoms with van der Waals surface area (Å²) in [5.74, 6) is 0.296. The zero-order valence-electron chi connectivity index (χ0n) is 14.9. The summed E-state index contributed by atoms with van der Waals surface area (Å²) in [4.78, 5) is 16.4. The Labute approximate surface area is 157 Å². The fourth-order valence-corrected chi connectivity index (χ4v) is 4.70. The van der Waals surface area contributed by atoms with E-state index < -0.39 is 9.84 Å². The first-order valence-electron chi connectivity index (χ1n) is 8.28. The van der Waals surface area contributed by atoms with Gasteiger partial charge in [-0.2, -0.15) is 5.10 Å². The third-order valence-electron chi connectivity index (χ3n) is 4.29. The highest BCUT2D eigenvalue weighted by Crippen LogP contribution is 2.31. The fourth-order valence-electron chi connectivity index (χ4n) is 2.83. The summed E-state index contributed by atoms with van der Waals surface area (Å²) in [5.41, 5.74) is 0.918. The average molecular weight is 397 g/mol. The van der Waals surface area contributed by atoms with Gasteiger partial charge in [-0.05, 0) is 18.6 Å². The maximum Gasteiger partial charge on any atom is 0.256 e. The zero-order chi connectivity index (χ0) is 19.1. The van der Waals surface area contributed by atoms with E-state index in [2.05, 4.69) is 15.4 Å². The maximum absolute atomic E-state index is 12.6. The molecule has 1 fully saturated rings. The smallest absolute Gasteiger partial charge is 0.256 e. The Hall–Kier alpha value is -1.93. The zero-order valence-corrected chi connectivity index (χ0v) is 16.4. The molecule has 1 amide bonds. The number of rotatable bonds is 3. The van der Waals surface area contributed by atoms with Crippen LogP contribution < -0.4 is 5.32 Å². The van der Waals surface area contributed by atoms with Crippen molar-refractivity contribution in [3.63, 3.8) is 0 Å². The molecule has 0 aliphatic carbocycles. The van der Waals surface area contributed by atoms with Crippen molar-refractivity contribution in [1.82, 2.24) is 14.8 Å². The normalized spacial score (nSPS) is 19.5. The first-order chi connectivity index (χ1) is 12.0. The van der Waals surface area contributed by atoms with Crippen LogP contribution in [0.4, 0.5) is 5.82 Å². The number of sulfone groups is 1. The minimum atomic E-state index is -3.07. The number of anilines is 1. The molecule has 1 aliphatic heterocycles. The van der Waals surface area contributed by atoms with E-state index in [-0.39, 0.29) is 34.0 Å². The highest BCUT2D eigenvalue weighted by Gasteiger charge is 2.33. The van der Waals surface area contributed by atoms with Gasteiger partial charge in [-0.25, -0.2) is 18.1 Å². The molecule has 1 saturated heterocycles. The molecule has 1 atom stereocenters. The van der Waals surface area contributed by atoms with Crippen molar-refractivity contribution in [2.24, 2.45) is 0 Å². The lowest BCUT2D eigenvalue weighted by atomic mass is 9.92. The maximum atomic E-state index is 12.6. The van der Waals surface area contributed by atoms with Crippen molar-refractivity contribution in [1.29, 1.82) is 0 Å². The molecule has 0 unspecified atom stereocenters. The van der Waals surface area contributed by atoms with Gasteiger partial charge in [0, 0.05) is 23.2 Å². The van der Waals surface area contributed by atoms with Crippen molar-refractivity contribution < 1.29 is 13.2 Å². The minimum Gasteiger partial charge on any atom is -0.307 e. The van der Waals surface area contributed by atoms with Crippen LogP contribution in [0, 0.1) is 0 Å². The van der Waals surface area contributed by atoms with Crippen LogP contribution in [0.5, 0.6) is 0 Å². The standard InChI is InChI=1S/C17H21ClN4O3S/c1-17(2,3)13-9-15(20-16(23)11-4-6-19-14(18)8-11)22(21-13)12-5-7-26(24,25)10-12/h4,6,8-9,12H,5,7,10H2,1-3H3,(H,20,23)/t12-/m0/s1. The first-order valence-corrected chi connectivity index (χ1v) is 10.5. The number of hydrogen-bond acceptors (Lipinski definition) is 5. The van der Waals surface area contributed by atoms with E-state index in [9.17, 15) is 13.2 Å². The Morgan fingerprint density at radius 3 is 2.65 bits per heavy atom. The topological polar surface area (TPSA) is 94.0 Å². The van der Waals surface area contributed by atoms with Gasteiger partial charge in [0.25, 0.3) is 5.91 Å². The molecule has 2 aromatic rings. The molecule has 0 saturated carbocycles. The van der Waals surface area contributed by atoms with Crippen LogP contribution in [0.2, 0.25) is 5.15 Å². The first kappa shape index (κ1) is 18.8. The average Bonchev–Trinajstić information content (AvgIpc) is 3.10. The van der Waals surface area contributed by atoms with Gasteiger partial charge in [-0.15, -0.1) is 0 Å². The van der Waals surface area contributed by atoms with Crippen molar-refractivity contribution in [2.45, 2.75) is 38.6 Å². The fraction of sp³-hybridized carbons (Fsp3) is 0.471. The number of nitrogens with one attached hydrogen (secondary N) is 1. The molecule has 1 N–H and O–H groups in total. The molecule has 3 heterocycles. The lowest BCUT2D eigenvalue weighted by Gasteiger charge is -2.15. The SMILES string of the molecule is CC(C)(C)c1cc(NC(=O)c2ccnc(Cl)c2)n([C@H]2CCS(=O)(=O)C2)n1. The van der Waals surface area contributed by atoms with E-state index in [4.69, 9.17) is 11.6 Å². The van der Waals surface area contributed by atoms with Crippen LogP contribution in [-0.2, 0) is 15.3 Å². The quantitative estimate of drug-likeness (QED) is 0.805. The molecule has 140 valence electrons. The van der Waals surface area contributed by atoms with E-state index >= 15 is 0 Å². The Morgan fingerprint density at radius 2 is 2.08 bits per heavy atom. The number of halogens is 1. The monoisotopic (exact) mass is 396 g/mol. The van der Waals surface area contributed by atoms with Crippen LogP contribution in [0.25, 0.3) is 0 Å². The van der Waals surface area contributed by atoms with Crippen LogP contribution in [-0.4, -0.2) is 40.6 Å². The van der Waals surface area contributed by atoms with Gasteiger partial charge < -0.3 is 5.32 Å². The predicted octanol–water partition coefficient (Wildman–Crippen LogP) is 2.84. The second-order valence-electron chi connectivity index (χ2n) is 7.49. The molecule has 3 rings (SSSR count). The predicted molar refractivity (Wildman–Crippen MR) is 100 cm³/mol. The van der Waals surface area contributed by atoms with Crippen molar-refractivity contribution >= 4 is 33.2 Å². The third kappa shape index (κ3) is 4.07. The van der Waals surface area contributed by atoms with E-state index in [1.165, 1.54) is 12.3 Å². The summed E-state index contributed by atoms with van der Waals surface area (Å²) in [6, 6.07) is 4.55. The lowest BCUT2D eigenvalue weighted by molar-refractivity contribution is 0.102.